The number of hydroxylamine groups is 1. The summed E-state index contributed by atoms with van der Waals surface area (Å²) in [6.45, 7) is 0.360. The zero-order valence-corrected chi connectivity index (χ0v) is 8.60. The Balaban J connectivity index is 1.76. The third kappa shape index (κ3) is 2.65. The Kier molecular flexibility index (Phi) is 3.28. The van der Waals surface area contributed by atoms with E-state index in [0.717, 1.165) is 5.56 Å². The summed E-state index contributed by atoms with van der Waals surface area (Å²) in [5.74, 6) is -0.608. The van der Waals surface area contributed by atoms with Crippen molar-refractivity contribution in [1.82, 2.24) is 10.8 Å². The molecule has 1 atom stereocenters. The van der Waals surface area contributed by atoms with Crippen LogP contribution >= 0.6 is 0 Å². The average Bonchev–Trinajstić information content (AvgIpc) is 2.59. The van der Waals surface area contributed by atoms with Crippen molar-refractivity contribution in [2.45, 2.75) is 19.1 Å². The monoisotopic (exact) mass is 220 g/mol. The lowest BCUT2D eigenvalue weighted by Crippen LogP contribution is -2.36. The average molecular weight is 220 g/mol. The molecule has 1 unspecified atom stereocenters. The van der Waals surface area contributed by atoms with Gasteiger partial charge in [0, 0.05) is 0 Å². The lowest BCUT2D eigenvalue weighted by atomic mass is 10.2. The molecule has 2 rings (SSSR count). The fraction of sp³-hybridized carbons (Fsp3) is 0.273. The standard InChI is InChI=1S/C11H12N2O3/c14-10-6-9(11(15)12-10)13-16-7-8-4-2-1-3-5-8/h1-5,9,13H,6-7H2,(H,12,14,15). The molecule has 0 aromatic heterocycles. The van der Waals surface area contributed by atoms with Crippen molar-refractivity contribution in [3.63, 3.8) is 0 Å². The van der Waals surface area contributed by atoms with Crippen LogP contribution in [0.15, 0.2) is 30.3 Å². The summed E-state index contributed by atoms with van der Waals surface area (Å²) in [6.07, 6.45) is 0.133. The number of carbonyl (C=O) groups is 2. The predicted octanol–water partition coefficient (Wildman–Crippen LogP) is 0.123. The van der Waals surface area contributed by atoms with Crippen molar-refractivity contribution < 1.29 is 14.4 Å². The molecule has 0 saturated carbocycles. The first-order valence-electron chi connectivity index (χ1n) is 5.00. The fourth-order valence-corrected chi connectivity index (χ4v) is 1.45. The molecule has 0 aliphatic carbocycles. The molecule has 1 fully saturated rings. The Hall–Kier alpha value is -1.72. The minimum absolute atomic E-state index is 0.133. The molecule has 0 radical (unpaired) electrons. The molecule has 0 spiro atoms. The number of carbonyl (C=O) groups excluding carboxylic acids is 2. The van der Waals surface area contributed by atoms with Gasteiger partial charge in [0.05, 0.1) is 13.0 Å². The van der Waals surface area contributed by atoms with Gasteiger partial charge in [-0.05, 0) is 5.56 Å². The van der Waals surface area contributed by atoms with Crippen LogP contribution in [0, 0.1) is 0 Å². The Bertz CT molecular complexity index is 391. The number of hydrogen-bond donors (Lipinski definition) is 2. The van der Waals surface area contributed by atoms with E-state index >= 15 is 0 Å². The van der Waals surface area contributed by atoms with E-state index in [4.69, 9.17) is 4.84 Å². The van der Waals surface area contributed by atoms with Crippen molar-refractivity contribution >= 4 is 11.8 Å². The van der Waals surface area contributed by atoms with Gasteiger partial charge in [-0.1, -0.05) is 30.3 Å². The van der Waals surface area contributed by atoms with E-state index in [1.165, 1.54) is 0 Å². The summed E-state index contributed by atoms with van der Waals surface area (Å²) in [5, 5.41) is 2.20. The van der Waals surface area contributed by atoms with Crippen LogP contribution in [0.25, 0.3) is 0 Å². The van der Waals surface area contributed by atoms with Crippen LogP contribution in [0.3, 0.4) is 0 Å². The highest BCUT2D eigenvalue weighted by Gasteiger charge is 2.30. The minimum Gasteiger partial charge on any atom is -0.296 e. The zero-order chi connectivity index (χ0) is 11.4. The number of imide groups is 1. The second-order valence-corrected chi connectivity index (χ2v) is 3.56. The topological polar surface area (TPSA) is 67.4 Å². The van der Waals surface area contributed by atoms with Crippen LogP contribution in [0.4, 0.5) is 0 Å². The summed E-state index contributed by atoms with van der Waals surface area (Å²) < 4.78 is 0. The first kappa shape index (κ1) is 10.8. The van der Waals surface area contributed by atoms with Crippen molar-refractivity contribution in [3.8, 4) is 0 Å². The van der Waals surface area contributed by atoms with Crippen molar-refractivity contribution in [3.05, 3.63) is 35.9 Å². The first-order valence-corrected chi connectivity index (χ1v) is 5.00. The van der Waals surface area contributed by atoms with Gasteiger partial charge in [0.15, 0.2) is 0 Å². The molecule has 16 heavy (non-hydrogen) atoms. The van der Waals surface area contributed by atoms with Crippen molar-refractivity contribution in [2.24, 2.45) is 0 Å². The van der Waals surface area contributed by atoms with Crippen LogP contribution < -0.4 is 10.8 Å². The smallest absolute Gasteiger partial charge is 0.246 e. The molecule has 5 nitrogen and oxygen atoms in total. The predicted molar refractivity (Wildman–Crippen MR) is 55.9 cm³/mol. The minimum atomic E-state index is -0.573. The second kappa shape index (κ2) is 4.87. The van der Waals surface area contributed by atoms with Gasteiger partial charge in [-0.25, -0.2) is 0 Å². The van der Waals surface area contributed by atoms with Gasteiger partial charge in [0.2, 0.25) is 11.8 Å². The third-order valence-electron chi connectivity index (χ3n) is 2.28. The van der Waals surface area contributed by atoms with E-state index in [0.29, 0.717) is 6.61 Å². The van der Waals surface area contributed by atoms with Crippen LogP contribution in [-0.2, 0) is 21.0 Å². The van der Waals surface area contributed by atoms with Crippen LogP contribution in [-0.4, -0.2) is 17.9 Å². The van der Waals surface area contributed by atoms with E-state index in [-0.39, 0.29) is 18.2 Å². The molecule has 1 aliphatic rings. The maximum atomic E-state index is 11.2. The maximum absolute atomic E-state index is 11.2. The van der Waals surface area contributed by atoms with E-state index in [2.05, 4.69) is 10.8 Å². The van der Waals surface area contributed by atoms with Gasteiger partial charge in [-0.2, -0.15) is 5.48 Å². The molecular weight excluding hydrogens is 208 g/mol. The molecule has 1 heterocycles. The highest BCUT2D eigenvalue weighted by Crippen LogP contribution is 2.03. The van der Waals surface area contributed by atoms with Gasteiger partial charge in [-0.3, -0.25) is 19.7 Å². The van der Waals surface area contributed by atoms with Gasteiger partial charge in [0.25, 0.3) is 0 Å². The third-order valence-corrected chi connectivity index (χ3v) is 2.28. The van der Waals surface area contributed by atoms with Gasteiger partial charge >= 0.3 is 0 Å². The number of rotatable bonds is 4. The van der Waals surface area contributed by atoms with E-state index in [1.807, 2.05) is 30.3 Å². The van der Waals surface area contributed by atoms with Crippen LogP contribution in [0.5, 0.6) is 0 Å². The molecule has 1 saturated heterocycles. The maximum Gasteiger partial charge on any atom is 0.246 e. The number of hydrogen-bond acceptors (Lipinski definition) is 4. The largest absolute Gasteiger partial charge is 0.296 e. The van der Waals surface area contributed by atoms with Gasteiger partial charge in [0.1, 0.15) is 6.04 Å². The Labute approximate surface area is 92.7 Å². The molecule has 2 N–H and O–H groups in total. The van der Waals surface area contributed by atoms with Gasteiger partial charge in [-0.15, -0.1) is 0 Å². The molecule has 2 amide bonds. The molecule has 1 aromatic carbocycles. The van der Waals surface area contributed by atoms with Crippen molar-refractivity contribution in [1.29, 1.82) is 0 Å². The number of benzene rings is 1. The first-order chi connectivity index (χ1) is 7.75. The van der Waals surface area contributed by atoms with E-state index in [1.54, 1.807) is 0 Å². The van der Waals surface area contributed by atoms with E-state index < -0.39 is 6.04 Å². The fourth-order valence-electron chi connectivity index (χ4n) is 1.45. The Morgan fingerprint density at radius 2 is 2.06 bits per heavy atom. The summed E-state index contributed by atoms with van der Waals surface area (Å²) in [7, 11) is 0. The van der Waals surface area contributed by atoms with Crippen molar-refractivity contribution in [2.75, 3.05) is 0 Å². The highest BCUT2D eigenvalue weighted by molar-refractivity contribution is 6.05. The number of amides is 2. The normalized spacial score (nSPS) is 19.9. The molecule has 84 valence electrons. The lowest BCUT2D eigenvalue weighted by molar-refractivity contribution is -0.126. The summed E-state index contributed by atoms with van der Waals surface area (Å²) in [4.78, 5) is 27.2. The van der Waals surface area contributed by atoms with Gasteiger partial charge < -0.3 is 0 Å². The molecule has 5 heteroatoms. The Morgan fingerprint density at radius 3 is 2.69 bits per heavy atom. The molecule has 1 aromatic rings. The summed E-state index contributed by atoms with van der Waals surface area (Å²) in [6, 6.07) is 8.99. The second-order valence-electron chi connectivity index (χ2n) is 3.56. The molecule has 1 aliphatic heterocycles. The Morgan fingerprint density at radius 1 is 1.31 bits per heavy atom. The van der Waals surface area contributed by atoms with Crippen LogP contribution in [0.2, 0.25) is 0 Å². The molecular formula is C11H12N2O3. The SMILES string of the molecule is O=C1CC(NOCc2ccccc2)C(=O)N1. The quantitative estimate of drug-likeness (QED) is 0.559. The summed E-state index contributed by atoms with van der Waals surface area (Å²) in [5.41, 5.74) is 3.58. The zero-order valence-electron chi connectivity index (χ0n) is 8.60. The summed E-state index contributed by atoms with van der Waals surface area (Å²) >= 11 is 0. The lowest BCUT2D eigenvalue weighted by Gasteiger charge is -2.09. The number of nitrogens with one attached hydrogen (secondary N) is 2. The molecule has 0 bridgehead atoms. The highest BCUT2D eigenvalue weighted by atomic mass is 16.6. The van der Waals surface area contributed by atoms with E-state index in [9.17, 15) is 9.59 Å². The van der Waals surface area contributed by atoms with Crippen LogP contribution in [0.1, 0.15) is 12.0 Å².